The summed E-state index contributed by atoms with van der Waals surface area (Å²) >= 11 is 1.41. The van der Waals surface area contributed by atoms with E-state index in [1.165, 1.54) is 22.6 Å². The summed E-state index contributed by atoms with van der Waals surface area (Å²) in [7, 11) is 0. The molecule has 0 rings (SSSR count). The van der Waals surface area contributed by atoms with E-state index in [1.807, 2.05) is 0 Å². The Hall–Kier alpha value is 0.130. The molecule has 0 aliphatic rings. The summed E-state index contributed by atoms with van der Waals surface area (Å²) in [6.07, 6.45) is 0. The van der Waals surface area contributed by atoms with Crippen LogP contribution in [0.3, 0.4) is 0 Å². The molecule has 0 aromatic rings. The van der Waals surface area contributed by atoms with Crippen LogP contribution in [-0.2, 0) is 4.79 Å². The van der Waals surface area contributed by atoms with Crippen molar-refractivity contribution in [3.05, 3.63) is 0 Å². The van der Waals surface area contributed by atoms with Gasteiger partial charge in [0, 0.05) is 6.54 Å². The van der Waals surface area contributed by atoms with Crippen LogP contribution in [0.1, 0.15) is 6.92 Å². The predicted octanol–water partition coefficient (Wildman–Crippen LogP) is 0.853. The first-order valence-corrected chi connectivity index (χ1v) is 3.49. The van der Waals surface area contributed by atoms with Gasteiger partial charge in [0.1, 0.15) is 0 Å². The van der Waals surface area contributed by atoms with E-state index in [9.17, 15) is 9.18 Å². The molecular formula is C4H7FINO. The van der Waals surface area contributed by atoms with Crippen molar-refractivity contribution in [3.8, 4) is 0 Å². The van der Waals surface area contributed by atoms with Gasteiger partial charge in [-0.2, -0.15) is 0 Å². The van der Waals surface area contributed by atoms with Crippen LogP contribution in [0.25, 0.3) is 0 Å². The van der Waals surface area contributed by atoms with Gasteiger partial charge in [-0.1, -0.05) is 0 Å². The van der Waals surface area contributed by atoms with Gasteiger partial charge in [0.15, 0.2) is 0 Å². The Morgan fingerprint density at radius 1 is 2.00 bits per heavy atom. The van der Waals surface area contributed by atoms with Gasteiger partial charge in [-0.3, -0.25) is 4.79 Å². The largest absolute Gasteiger partial charge is 0.353 e. The highest BCUT2D eigenvalue weighted by Gasteiger charge is 2.09. The highest BCUT2D eigenvalue weighted by atomic mass is 127. The summed E-state index contributed by atoms with van der Waals surface area (Å²) < 4.78 is 10.4. The van der Waals surface area contributed by atoms with Crippen LogP contribution >= 0.6 is 22.6 Å². The van der Waals surface area contributed by atoms with Crippen LogP contribution in [0.2, 0.25) is 0 Å². The topological polar surface area (TPSA) is 29.1 Å². The molecule has 0 radical (unpaired) electrons. The second kappa shape index (κ2) is 4.05. The van der Waals surface area contributed by atoms with Gasteiger partial charge < -0.3 is 5.32 Å². The summed E-state index contributed by atoms with van der Waals surface area (Å²) in [6, 6.07) is 0. The van der Waals surface area contributed by atoms with Crippen LogP contribution < -0.4 is 5.32 Å². The van der Waals surface area contributed by atoms with Crippen LogP contribution in [0.15, 0.2) is 0 Å². The maximum atomic E-state index is 11.9. The van der Waals surface area contributed by atoms with Crippen molar-refractivity contribution < 1.29 is 9.18 Å². The number of rotatable bonds is 2. The summed E-state index contributed by atoms with van der Waals surface area (Å²) in [6.45, 7) is 2.24. The third-order valence-electron chi connectivity index (χ3n) is 0.549. The number of alkyl halides is 2. The first-order chi connectivity index (χ1) is 3.68. The molecule has 1 amide bonds. The lowest BCUT2D eigenvalue weighted by Crippen LogP contribution is -2.27. The third-order valence-corrected chi connectivity index (χ3v) is 1.11. The summed E-state index contributed by atoms with van der Waals surface area (Å²) in [5.74, 6) is -0.548. The van der Waals surface area contributed by atoms with Gasteiger partial charge in [-0.05, 0) is 29.5 Å². The number of hydrogen-bond acceptors (Lipinski definition) is 1. The molecule has 8 heavy (non-hydrogen) atoms. The van der Waals surface area contributed by atoms with Crippen LogP contribution in [0.4, 0.5) is 4.39 Å². The maximum absolute atomic E-state index is 11.9. The van der Waals surface area contributed by atoms with Gasteiger partial charge in [-0.15, -0.1) is 0 Å². The van der Waals surface area contributed by atoms with Gasteiger partial charge in [-0.25, -0.2) is 4.39 Å². The molecule has 0 heterocycles. The van der Waals surface area contributed by atoms with Crippen molar-refractivity contribution in [2.24, 2.45) is 0 Å². The van der Waals surface area contributed by atoms with Crippen molar-refractivity contribution in [3.63, 3.8) is 0 Å². The van der Waals surface area contributed by atoms with Crippen molar-refractivity contribution in [2.45, 2.75) is 11.1 Å². The minimum Gasteiger partial charge on any atom is -0.353 e. The third kappa shape index (κ3) is 3.17. The molecule has 1 N–H and O–H groups in total. The number of carbonyl (C=O) groups is 1. The molecule has 0 bridgehead atoms. The van der Waals surface area contributed by atoms with Crippen molar-refractivity contribution in [2.75, 3.05) is 6.54 Å². The zero-order chi connectivity index (χ0) is 6.57. The van der Waals surface area contributed by atoms with E-state index in [1.54, 1.807) is 6.92 Å². The molecule has 4 heteroatoms. The van der Waals surface area contributed by atoms with E-state index in [0.717, 1.165) is 0 Å². The van der Waals surface area contributed by atoms with Gasteiger partial charge >= 0.3 is 0 Å². The number of halogens is 2. The standard InChI is InChI=1S/C4H7FINO/c1-2-7-4(8)3(5)6/h3H,2H2,1H3,(H,7,8)/t3-/m1/s1. The SMILES string of the molecule is CCNC(=O)[C@H](F)I. The minimum absolute atomic E-state index is 0.488. The first-order valence-electron chi connectivity index (χ1n) is 2.24. The molecule has 1 atom stereocenters. The van der Waals surface area contributed by atoms with Crippen molar-refractivity contribution in [1.29, 1.82) is 0 Å². The number of carbonyl (C=O) groups excluding carboxylic acids is 1. The molecule has 0 fully saturated rings. The molecule has 0 spiro atoms. The molecular weight excluding hydrogens is 224 g/mol. The lowest BCUT2D eigenvalue weighted by molar-refractivity contribution is -0.122. The highest BCUT2D eigenvalue weighted by molar-refractivity contribution is 14.1. The smallest absolute Gasteiger partial charge is 0.264 e. The molecule has 2 nitrogen and oxygen atoms in total. The quantitative estimate of drug-likeness (QED) is 0.554. The number of hydrogen-bond donors (Lipinski definition) is 1. The zero-order valence-electron chi connectivity index (χ0n) is 4.45. The van der Waals surface area contributed by atoms with Crippen LogP contribution in [-0.4, -0.2) is 16.6 Å². The Balaban J connectivity index is 3.33. The average molecular weight is 231 g/mol. The minimum atomic E-state index is -1.41. The summed E-state index contributed by atoms with van der Waals surface area (Å²) in [4.78, 5) is 10.2. The van der Waals surface area contributed by atoms with Gasteiger partial charge in [0.05, 0.1) is 0 Å². The van der Waals surface area contributed by atoms with Crippen molar-refractivity contribution in [1.82, 2.24) is 5.32 Å². The van der Waals surface area contributed by atoms with E-state index in [0.29, 0.717) is 6.54 Å². The molecule has 48 valence electrons. The van der Waals surface area contributed by atoms with Crippen LogP contribution in [0, 0.1) is 0 Å². The lowest BCUT2D eigenvalue weighted by Gasteiger charge is -1.98. The highest BCUT2D eigenvalue weighted by Crippen LogP contribution is 1.99. The fourth-order valence-electron chi connectivity index (χ4n) is 0.251. The van der Waals surface area contributed by atoms with Gasteiger partial charge in [0.2, 0.25) is 4.18 Å². The molecule has 0 saturated heterocycles. The molecule has 0 aliphatic carbocycles. The monoisotopic (exact) mass is 231 g/mol. The molecule has 0 saturated carbocycles. The molecule has 0 unspecified atom stereocenters. The van der Waals surface area contributed by atoms with E-state index in [4.69, 9.17) is 0 Å². The zero-order valence-corrected chi connectivity index (χ0v) is 6.61. The van der Waals surface area contributed by atoms with E-state index in [2.05, 4.69) is 5.32 Å². The fourth-order valence-corrected chi connectivity index (χ4v) is 0.472. The van der Waals surface area contributed by atoms with E-state index >= 15 is 0 Å². The van der Waals surface area contributed by atoms with E-state index < -0.39 is 10.1 Å². The Morgan fingerprint density at radius 3 is 2.62 bits per heavy atom. The number of nitrogens with one attached hydrogen (secondary N) is 1. The fraction of sp³-hybridized carbons (Fsp3) is 0.750. The Morgan fingerprint density at radius 2 is 2.50 bits per heavy atom. The normalized spacial score (nSPS) is 12.9. The predicted molar refractivity (Wildman–Crippen MR) is 37.6 cm³/mol. The van der Waals surface area contributed by atoms with E-state index in [-0.39, 0.29) is 0 Å². The first kappa shape index (κ1) is 8.13. The van der Waals surface area contributed by atoms with Crippen LogP contribution in [0.5, 0.6) is 0 Å². The Bertz CT molecular complexity index is 86.1. The average Bonchev–Trinajstić information content (AvgIpc) is 1.67. The molecule has 0 aromatic heterocycles. The molecule has 0 aliphatic heterocycles. The lowest BCUT2D eigenvalue weighted by atomic mass is 10.6. The number of amides is 1. The second-order valence-corrected chi connectivity index (χ2v) is 2.29. The maximum Gasteiger partial charge on any atom is 0.264 e. The molecule has 0 aromatic carbocycles. The summed E-state index contributed by atoms with van der Waals surface area (Å²) in [5.41, 5.74) is 0. The second-order valence-electron chi connectivity index (χ2n) is 1.20. The Labute approximate surface area is 61.0 Å². The van der Waals surface area contributed by atoms with Crippen molar-refractivity contribution >= 4 is 28.5 Å². The summed E-state index contributed by atoms with van der Waals surface area (Å²) in [5, 5.41) is 2.32. The Kier molecular flexibility index (Phi) is 4.12. The van der Waals surface area contributed by atoms with Gasteiger partial charge in [0.25, 0.3) is 5.91 Å².